The molecule has 0 fully saturated rings. The summed E-state index contributed by atoms with van der Waals surface area (Å²) in [5.74, 6) is 0. The lowest BCUT2D eigenvalue weighted by Gasteiger charge is -2.14. The van der Waals surface area contributed by atoms with E-state index in [1.807, 2.05) is 0 Å². The Balaban J connectivity index is 3.77. The van der Waals surface area contributed by atoms with Gasteiger partial charge in [-0.3, -0.25) is 0 Å². The van der Waals surface area contributed by atoms with Gasteiger partial charge in [-0.2, -0.15) is 0 Å². The minimum absolute atomic E-state index is 0.00949. The number of hydrogen-bond acceptors (Lipinski definition) is 0. The molecule has 0 aromatic rings. The largest absolute Gasteiger partial charge is 0.0654 e. The summed E-state index contributed by atoms with van der Waals surface area (Å²) in [5.41, 5.74) is 0. The summed E-state index contributed by atoms with van der Waals surface area (Å²) in [4.78, 5) is 0. The summed E-state index contributed by atoms with van der Waals surface area (Å²) in [6, 6.07) is 4.85. The van der Waals surface area contributed by atoms with Gasteiger partial charge in [0.15, 0.2) is 0 Å². The molecule has 3 heteroatoms. The second kappa shape index (κ2) is 24.7. The molecule has 0 aromatic carbocycles. The lowest BCUT2D eigenvalue weighted by atomic mass is 10.1. The topological polar surface area (TPSA) is 0 Å². The Morgan fingerprint density at radius 2 is 0.815 bits per heavy atom. The van der Waals surface area contributed by atoms with Gasteiger partial charge in [0.2, 0.25) is 0 Å². The molecule has 0 bridgehead atoms. The molecule has 0 rings (SSSR count). The van der Waals surface area contributed by atoms with Crippen molar-refractivity contribution in [1.82, 2.24) is 0 Å². The van der Waals surface area contributed by atoms with E-state index in [2.05, 4.69) is 20.8 Å². The van der Waals surface area contributed by atoms with Gasteiger partial charge in [-0.15, -0.1) is 0 Å². The Hall–Kier alpha value is 0.651. The van der Waals surface area contributed by atoms with Crippen LogP contribution in [-0.4, -0.2) is 25.9 Å². The van der Waals surface area contributed by atoms with Gasteiger partial charge < -0.3 is 0 Å². The maximum absolute atomic E-state index is 2.33. The molecule has 159 valence electrons. The highest BCUT2D eigenvalue weighted by molar-refractivity contribution is 7.35. The van der Waals surface area contributed by atoms with Crippen molar-refractivity contribution in [3.8, 4) is 0 Å². The van der Waals surface area contributed by atoms with Crippen LogP contribution in [0.4, 0.5) is 0 Å². The quantitative estimate of drug-likeness (QED) is 0.114. The average Bonchev–Trinajstić information content (AvgIpc) is 2.68. The van der Waals surface area contributed by atoms with Crippen LogP contribution in [0.15, 0.2) is 0 Å². The Bertz CT molecular complexity index is 242. The third-order valence-corrected chi connectivity index (χ3v) is 17.2. The van der Waals surface area contributed by atoms with Crippen LogP contribution in [0.5, 0.6) is 0 Å². The molecule has 0 N–H and O–H groups in total. The number of rotatable bonds is 23. The summed E-state index contributed by atoms with van der Waals surface area (Å²) in [6.07, 6.45) is 26.7. The molecule has 0 unspecified atom stereocenters. The van der Waals surface area contributed by atoms with E-state index in [0.717, 1.165) is 0 Å². The van der Waals surface area contributed by atoms with Crippen LogP contribution >= 0.6 is 0 Å². The Morgan fingerprint density at radius 3 is 1.26 bits per heavy atom. The van der Waals surface area contributed by atoms with Crippen LogP contribution in [0.1, 0.15) is 136 Å². The zero-order valence-electron chi connectivity index (χ0n) is 19.3. The van der Waals surface area contributed by atoms with Crippen molar-refractivity contribution in [2.75, 3.05) is 0 Å². The molecule has 0 saturated carbocycles. The van der Waals surface area contributed by atoms with Crippen LogP contribution in [-0.2, 0) is 0 Å². The Kier molecular flexibility index (Phi) is 25.3. The first kappa shape index (κ1) is 27.7. The molecule has 0 aliphatic carbocycles. The molecular weight excluding hydrogens is 373 g/mol. The fraction of sp³-hybridized carbons (Fsp3) is 1.00. The van der Waals surface area contributed by atoms with E-state index in [1.165, 1.54) is 120 Å². The Morgan fingerprint density at radius 1 is 0.444 bits per heavy atom. The van der Waals surface area contributed by atoms with E-state index < -0.39 is 0 Å². The standard InChI is InChI=1S/C24H51Si3/c1-4-7-10-13-16-19-22-25-26-27(23-20-17-14-11-8-5-2)24-21-18-15-12-9-6-3/h4-24H2,1-3H3. The third kappa shape index (κ3) is 22.8. The van der Waals surface area contributed by atoms with E-state index >= 15 is 0 Å². The van der Waals surface area contributed by atoms with Crippen molar-refractivity contribution in [3.05, 3.63) is 0 Å². The van der Waals surface area contributed by atoms with E-state index in [4.69, 9.17) is 0 Å². The molecule has 27 heavy (non-hydrogen) atoms. The van der Waals surface area contributed by atoms with Crippen LogP contribution in [0, 0.1) is 0 Å². The van der Waals surface area contributed by atoms with Gasteiger partial charge in [-0.05, 0) is 0 Å². The SMILES string of the molecule is CCCCCCCC[Si][Si][Si](CCCCCCCC)CCCCCCCC. The fourth-order valence-corrected chi connectivity index (χ4v) is 15.4. The first-order valence-corrected chi connectivity index (χ1v) is 18.8. The third-order valence-electron chi connectivity index (χ3n) is 5.58. The lowest BCUT2D eigenvalue weighted by molar-refractivity contribution is 0.618. The first-order valence-electron chi connectivity index (χ1n) is 12.7. The van der Waals surface area contributed by atoms with Crippen LogP contribution in [0.25, 0.3) is 0 Å². The van der Waals surface area contributed by atoms with Crippen LogP contribution in [0.2, 0.25) is 18.1 Å². The molecule has 0 nitrogen and oxygen atoms in total. The van der Waals surface area contributed by atoms with E-state index in [-0.39, 0.29) is 8.31 Å². The predicted molar refractivity (Wildman–Crippen MR) is 132 cm³/mol. The molecule has 5 radical (unpaired) electrons. The van der Waals surface area contributed by atoms with Gasteiger partial charge in [0.25, 0.3) is 0 Å². The molecule has 0 spiro atoms. The van der Waals surface area contributed by atoms with Crippen molar-refractivity contribution in [2.24, 2.45) is 0 Å². The fourth-order valence-electron chi connectivity index (χ4n) is 3.67. The zero-order chi connectivity index (χ0) is 19.8. The minimum atomic E-state index is 0.00949. The minimum Gasteiger partial charge on any atom is -0.0654 e. The van der Waals surface area contributed by atoms with Crippen molar-refractivity contribution in [3.63, 3.8) is 0 Å². The van der Waals surface area contributed by atoms with E-state index in [0.29, 0.717) is 0 Å². The highest BCUT2D eigenvalue weighted by Crippen LogP contribution is 2.15. The molecule has 0 aliphatic rings. The maximum Gasteiger partial charge on any atom is 0.0306 e. The van der Waals surface area contributed by atoms with Crippen molar-refractivity contribution in [2.45, 2.75) is 154 Å². The van der Waals surface area contributed by atoms with Gasteiger partial charge in [-0.25, -0.2) is 0 Å². The van der Waals surface area contributed by atoms with Crippen LogP contribution in [0.3, 0.4) is 0 Å². The molecule has 0 amide bonds. The summed E-state index contributed by atoms with van der Waals surface area (Å²) in [5, 5.41) is 0. The molecular formula is C24H51Si3. The van der Waals surface area contributed by atoms with Gasteiger partial charge in [0, 0.05) is 25.9 Å². The molecule has 0 aliphatic heterocycles. The van der Waals surface area contributed by atoms with E-state index in [9.17, 15) is 0 Å². The van der Waals surface area contributed by atoms with Gasteiger partial charge in [0.05, 0.1) is 0 Å². The lowest BCUT2D eigenvalue weighted by Crippen LogP contribution is -2.27. The first-order chi connectivity index (χ1) is 13.3. The second-order valence-corrected chi connectivity index (χ2v) is 18.0. The van der Waals surface area contributed by atoms with Crippen molar-refractivity contribution in [1.29, 1.82) is 0 Å². The smallest absolute Gasteiger partial charge is 0.0306 e. The molecule has 0 aromatic heterocycles. The zero-order valence-corrected chi connectivity index (χ0v) is 22.3. The predicted octanol–water partition coefficient (Wildman–Crippen LogP) is 8.80. The number of unbranched alkanes of at least 4 members (excludes halogenated alkanes) is 15. The summed E-state index contributed by atoms with van der Waals surface area (Å²) >= 11 is 0. The Labute approximate surface area is 180 Å². The molecule has 0 heterocycles. The summed E-state index contributed by atoms with van der Waals surface area (Å²) in [7, 11) is 2.72. The van der Waals surface area contributed by atoms with Gasteiger partial charge in [-0.1, -0.05) is 154 Å². The second-order valence-electron chi connectivity index (χ2n) is 8.46. The summed E-state index contributed by atoms with van der Waals surface area (Å²) in [6.45, 7) is 6.97. The molecule has 0 atom stereocenters. The van der Waals surface area contributed by atoms with Gasteiger partial charge in [0.1, 0.15) is 0 Å². The van der Waals surface area contributed by atoms with Crippen molar-refractivity contribution < 1.29 is 0 Å². The monoisotopic (exact) mass is 423 g/mol. The molecule has 0 saturated heterocycles. The van der Waals surface area contributed by atoms with Crippen LogP contribution < -0.4 is 0 Å². The highest BCUT2D eigenvalue weighted by Gasteiger charge is 2.11. The maximum atomic E-state index is 2.33. The normalized spacial score (nSPS) is 11.6. The average molecular weight is 424 g/mol. The van der Waals surface area contributed by atoms with E-state index in [1.54, 1.807) is 31.0 Å². The van der Waals surface area contributed by atoms with Crippen molar-refractivity contribution >= 4 is 25.9 Å². The summed E-state index contributed by atoms with van der Waals surface area (Å²) < 4.78 is 0. The van der Waals surface area contributed by atoms with Gasteiger partial charge >= 0.3 is 0 Å². The highest BCUT2D eigenvalue weighted by atomic mass is 29.5. The number of hydrogen-bond donors (Lipinski definition) is 0.